The molecule has 2 heterocycles. The van der Waals surface area contributed by atoms with Crippen LogP contribution in [0.3, 0.4) is 0 Å². The highest BCUT2D eigenvalue weighted by Gasteiger charge is 2.18. The predicted molar refractivity (Wildman–Crippen MR) is 75.6 cm³/mol. The van der Waals surface area contributed by atoms with E-state index in [9.17, 15) is 0 Å². The zero-order chi connectivity index (χ0) is 13.0. The van der Waals surface area contributed by atoms with Gasteiger partial charge >= 0.3 is 0 Å². The maximum absolute atomic E-state index is 5.34. The second-order valence-corrected chi connectivity index (χ2v) is 4.98. The van der Waals surface area contributed by atoms with Crippen LogP contribution in [0.25, 0.3) is 0 Å². The first-order chi connectivity index (χ1) is 8.69. The number of aryl methyl sites for hydroxylation is 2. The van der Waals surface area contributed by atoms with Crippen molar-refractivity contribution in [3.05, 3.63) is 23.5 Å². The van der Waals surface area contributed by atoms with Gasteiger partial charge in [-0.25, -0.2) is 0 Å². The molecule has 1 N–H and O–H groups in total. The third kappa shape index (κ3) is 3.24. The molecule has 0 saturated carbocycles. The van der Waals surface area contributed by atoms with Crippen molar-refractivity contribution < 1.29 is 0 Å². The minimum atomic E-state index is 0.544. The highest BCUT2D eigenvalue weighted by atomic mass is 15.1. The van der Waals surface area contributed by atoms with Gasteiger partial charge in [0.2, 0.25) is 0 Å². The molecule has 1 aliphatic heterocycles. The summed E-state index contributed by atoms with van der Waals surface area (Å²) < 4.78 is 0. The lowest BCUT2D eigenvalue weighted by atomic mass is 10.0. The summed E-state index contributed by atoms with van der Waals surface area (Å²) in [6.45, 7) is 7.02. The molecule has 2 rings (SSSR count). The topological polar surface area (TPSA) is 28.2 Å². The minimum absolute atomic E-state index is 0.544. The van der Waals surface area contributed by atoms with E-state index in [1.54, 1.807) is 0 Å². The minimum Gasteiger partial charge on any atom is -0.381 e. The van der Waals surface area contributed by atoms with E-state index in [1.807, 2.05) is 6.92 Å². The quantitative estimate of drug-likeness (QED) is 0.825. The average Bonchev–Trinajstić information content (AvgIpc) is 2.35. The summed E-state index contributed by atoms with van der Waals surface area (Å²) in [5, 5.41) is 3.60. The highest BCUT2D eigenvalue weighted by molar-refractivity contribution is 5.48. The van der Waals surface area contributed by atoms with Crippen molar-refractivity contribution in [1.82, 2.24) is 9.88 Å². The average molecular weight is 243 g/mol. The number of pyridine rings is 1. The molecule has 1 aliphatic rings. The van der Waals surface area contributed by atoms with E-state index in [0.29, 0.717) is 6.04 Å². The van der Waals surface area contributed by atoms with Gasteiger partial charge in [0.15, 0.2) is 0 Å². The van der Waals surface area contributed by atoms with Crippen LogP contribution in [0.1, 0.15) is 24.2 Å². The fourth-order valence-electron chi connectivity index (χ4n) is 2.42. The van der Waals surface area contributed by atoms with Gasteiger partial charge in [-0.3, -0.25) is 9.88 Å². The molecular formula is C15H21N3. The van der Waals surface area contributed by atoms with E-state index in [4.69, 9.17) is 6.42 Å². The van der Waals surface area contributed by atoms with Crippen LogP contribution in [0, 0.1) is 26.2 Å². The van der Waals surface area contributed by atoms with E-state index >= 15 is 0 Å². The molecule has 3 nitrogen and oxygen atoms in total. The molecule has 0 atom stereocenters. The highest BCUT2D eigenvalue weighted by Crippen LogP contribution is 2.18. The van der Waals surface area contributed by atoms with E-state index in [1.165, 1.54) is 0 Å². The van der Waals surface area contributed by atoms with Crippen LogP contribution in [0.15, 0.2) is 12.1 Å². The molecule has 1 saturated heterocycles. The van der Waals surface area contributed by atoms with Gasteiger partial charge in [0.05, 0.1) is 17.9 Å². The Morgan fingerprint density at radius 3 is 2.72 bits per heavy atom. The van der Waals surface area contributed by atoms with Crippen molar-refractivity contribution in [2.24, 2.45) is 0 Å². The summed E-state index contributed by atoms with van der Waals surface area (Å²) in [5.41, 5.74) is 3.32. The van der Waals surface area contributed by atoms with E-state index in [0.717, 1.165) is 49.6 Å². The molecule has 0 radical (unpaired) electrons. The number of aromatic nitrogens is 1. The van der Waals surface area contributed by atoms with Gasteiger partial charge in [-0.2, -0.15) is 0 Å². The van der Waals surface area contributed by atoms with Gasteiger partial charge in [0.1, 0.15) is 0 Å². The van der Waals surface area contributed by atoms with Gasteiger partial charge in [-0.05, 0) is 38.8 Å². The molecule has 0 unspecified atom stereocenters. The molecule has 0 aliphatic carbocycles. The Balaban J connectivity index is 1.90. The molecule has 1 aromatic heterocycles. The number of anilines is 1. The smallest absolute Gasteiger partial charge is 0.0606 e. The number of rotatable bonds is 3. The molecule has 1 aromatic rings. The molecular weight excluding hydrogens is 222 g/mol. The maximum atomic E-state index is 5.34. The lowest BCUT2D eigenvalue weighted by molar-refractivity contribution is 0.243. The molecule has 0 amide bonds. The first-order valence-electron chi connectivity index (χ1n) is 6.55. The van der Waals surface area contributed by atoms with Gasteiger partial charge in [-0.15, -0.1) is 6.42 Å². The van der Waals surface area contributed by atoms with Crippen molar-refractivity contribution in [2.45, 2.75) is 32.7 Å². The van der Waals surface area contributed by atoms with Crippen LogP contribution in [-0.2, 0) is 0 Å². The summed E-state index contributed by atoms with van der Waals surface area (Å²) in [7, 11) is 0. The second kappa shape index (κ2) is 5.88. The molecule has 96 valence electrons. The largest absolute Gasteiger partial charge is 0.381 e. The van der Waals surface area contributed by atoms with Crippen LogP contribution < -0.4 is 5.32 Å². The first kappa shape index (κ1) is 12.9. The Hall–Kier alpha value is -1.53. The SMILES string of the molecule is C#CCN1CCC(Nc2ccc(C)nc2C)CC1. The maximum Gasteiger partial charge on any atom is 0.0606 e. The third-order valence-corrected chi connectivity index (χ3v) is 3.49. The lowest BCUT2D eigenvalue weighted by Gasteiger charge is -2.31. The standard InChI is InChI=1S/C15H21N3/c1-4-9-18-10-7-14(8-11-18)17-15-6-5-12(2)16-13(15)3/h1,5-6,14,17H,7-11H2,2-3H3. The Morgan fingerprint density at radius 1 is 1.39 bits per heavy atom. The summed E-state index contributed by atoms with van der Waals surface area (Å²) in [6.07, 6.45) is 7.63. The first-order valence-corrected chi connectivity index (χ1v) is 6.55. The van der Waals surface area contributed by atoms with Crippen LogP contribution in [0.2, 0.25) is 0 Å². The summed E-state index contributed by atoms with van der Waals surface area (Å²) in [5.74, 6) is 2.71. The molecule has 18 heavy (non-hydrogen) atoms. The molecule has 1 fully saturated rings. The van der Waals surface area contributed by atoms with Crippen molar-refractivity contribution in [2.75, 3.05) is 25.0 Å². The summed E-state index contributed by atoms with van der Waals surface area (Å²) >= 11 is 0. The Kier molecular flexibility index (Phi) is 4.22. The van der Waals surface area contributed by atoms with Gasteiger partial charge in [0, 0.05) is 24.8 Å². The van der Waals surface area contributed by atoms with E-state index < -0.39 is 0 Å². The normalized spacial score (nSPS) is 17.4. The number of nitrogens with zero attached hydrogens (tertiary/aromatic N) is 2. The molecule has 0 bridgehead atoms. The zero-order valence-corrected chi connectivity index (χ0v) is 11.2. The van der Waals surface area contributed by atoms with E-state index in [2.05, 4.69) is 40.2 Å². The summed E-state index contributed by atoms with van der Waals surface area (Å²) in [4.78, 5) is 6.82. The van der Waals surface area contributed by atoms with Gasteiger partial charge in [-0.1, -0.05) is 5.92 Å². The summed E-state index contributed by atoms with van der Waals surface area (Å²) in [6, 6.07) is 4.73. The van der Waals surface area contributed by atoms with Crippen LogP contribution in [-0.4, -0.2) is 35.6 Å². The number of nitrogens with one attached hydrogen (secondary N) is 1. The fraction of sp³-hybridized carbons (Fsp3) is 0.533. The number of piperidine rings is 1. The van der Waals surface area contributed by atoms with Gasteiger partial charge in [0.25, 0.3) is 0 Å². The van der Waals surface area contributed by atoms with Crippen LogP contribution in [0.4, 0.5) is 5.69 Å². The van der Waals surface area contributed by atoms with Gasteiger partial charge < -0.3 is 5.32 Å². The fourth-order valence-corrected chi connectivity index (χ4v) is 2.42. The van der Waals surface area contributed by atoms with Crippen LogP contribution in [0.5, 0.6) is 0 Å². The van der Waals surface area contributed by atoms with Crippen molar-refractivity contribution in [1.29, 1.82) is 0 Å². The predicted octanol–water partition coefficient (Wildman–Crippen LogP) is 2.21. The third-order valence-electron chi connectivity index (χ3n) is 3.49. The molecule has 0 aromatic carbocycles. The Bertz CT molecular complexity index is 440. The lowest BCUT2D eigenvalue weighted by Crippen LogP contribution is -2.39. The Morgan fingerprint density at radius 2 is 2.11 bits per heavy atom. The number of terminal acetylenes is 1. The zero-order valence-electron chi connectivity index (χ0n) is 11.2. The van der Waals surface area contributed by atoms with Crippen molar-refractivity contribution >= 4 is 5.69 Å². The van der Waals surface area contributed by atoms with Crippen molar-refractivity contribution in [3.8, 4) is 12.3 Å². The second-order valence-electron chi connectivity index (χ2n) is 4.98. The number of likely N-dealkylation sites (tertiary alicyclic amines) is 1. The molecule has 3 heteroatoms. The number of hydrogen-bond donors (Lipinski definition) is 1. The van der Waals surface area contributed by atoms with E-state index in [-0.39, 0.29) is 0 Å². The Labute approximate surface area is 110 Å². The van der Waals surface area contributed by atoms with Crippen molar-refractivity contribution in [3.63, 3.8) is 0 Å². The molecule has 0 spiro atoms. The monoisotopic (exact) mass is 243 g/mol. The van der Waals surface area contributed by atoms with Crippen LogP contribution >= 0.6 is 0 Å². The number of hydrogen-bond acceptors (Lipinski definition) is 3.